The molecular weight excluding hydrogens is 910 g/mol. The molecule has 5 aromatic rings. The van der Waals surface area contributed by atoms with E-state index in [0.29, 0.717) is 21.9 Å². The van der Waals surface area contributed by atoms with Gasteiger partial charge in [-0.3, -0.25) is 0 Å². The van der Waals surface area contributed by atoms with E-state index in [2.05, 4.69) is 48.1 Å². The summed E-state index contributed by atoms with van der Waals surface area (Å²) in [4.78, 5) is 0. The molecule has 0 aromatic heterocycles. The van der Waals surface area contributed by atoms with Crippen LogP contribution in [0, 0.1) is 0 Å². The Morgan fingerprint density at radius 1 is 0.482 bits per heavy atom. The van der Waals surface area contributed by atoms with Gasteiger partial charge in [-0.2, -0.15) is 20.4 Å². The van der Waals surface area contributed by atoms with E-state index >= 15 is 0 Å². The second kappa shape index (κ2) is 27.7. The van der Waals surface area contributed by atoms with Gasteiger partial charge >= 0.3 is 139 Å². The molecule has 5 aromatic carbocycles. The van der Waals surface area contributed by atoms with Gasteiger partial charge in [0.05, 0.1) is 12.4 Å². The van der Waals surface area contributed by atoms with Crippen molar-refractivity contribution in [1.82, 2.24) is 0 Å². The van der Waals surface area contributed by atoms with Crippen molar-refractivity contribution in [1.29, 1.82) is 0 Å². The molecule has 0 fully saturated rings. The van der Waals surface area contributed by atoms with Crippen LogP contribution in [0.15, 0.2) is 117 Å². The predicted molar refractivity (Wildman–Crippen MR) is 232 cm³/mol. The summed E-state index contributed by atoms with van der Waals surface area (Å²) in [5, 5.41) is 67.4. The van der Waals surface area contributed by atoms with Crippen molar-refractivity contribution in [2.24, 2.45) is 20.4 Å². The molecule has 0 unspecified atom stereocenters. The van der Waals surface area contributed by atoms with Crippen LogP contribution < -0.4 is 20.4 Å². The second-order valence-corrected chi connectivity index (χ2v) is 21.8. The van der Waals surface area contributed by atoms with E-state index in [1.165, 1.54) is 100 Å². The Balaban J connectivity index is 0.000000388. The van der Waals surface area contributed by atoms with Crippen LogP contribution >= 0.6 is 0 Å². The zero-order valence-corrected chi connectivity index (χ0v) is 39.0. The van der Waals surface area contributed by atoms with Crippen LogP contribution in [0.25, 0.3) is 21.5 Å². The van der Waals surface area contributed by atoms with Crippen molar-refractivity contribution in [2.75, 3.05) is 0 Å². The van der Waals surface area contributed by atoms with Gasteiger partial charge in [0.1, 0.15) is 0 Å². The molecule has 290 valence electrons. The number of unbranched alkanes of at least 4 members (excludes halogenated alkanes) is 4. The first-order chi connectivity index (χ1) is 27.3. The molecule has 0 radical (unpaired) electrons. The van der Waals surface area contributed by atoms with E-state index < -0.39 is 11.8 Å². The van der Waals surface area contributed by atoms with E-state index in [-0.39, 0.29) is 64.9 Å². The summed E-state index contributed by atoms with van der Waals surface area (Å²) in [5.74, 6) is -1.73. The normalized spacial score (nSPS) is 11.6. The fourth-order valence-corrected chi connectivity index (χ4v) is 13.7. The molecule has 0 atom stereocenters. The first kappa shape index (κ1) is 46.5. The fraction of sp³-hybridized carbons (Fsp3) is 0.348. The SMILES string of the molecule is CCC[CH2][Sn+2][CH2]CCC.CCC[CH2][Sn+2][CH2]CCC.[O-]/C(=N\N=C\c1c([O-])ccc2ccccc12)c1ccc(/C([O-])=N\N=C\c2c([O-])ccc3ccccc23)cc1. The molecule has 8 nitrogen and oxygen atoms in total. The molecular formula is C46H54N4O4Sn2. The minimum absolute atomic E-state index is 0.149. The van der Waals surface area contributed by atoms with Crippen molar-refractivity contribution in [2.45, 2.75) is 96.8 Å². The van der Waals surface area contributed by atoms with Crippen LogP contribution in [0.2, 0.25) is 17.7 Å². The number of hydrogen-bond acceptors (Lipinski definition) is 8. The summed E-state index contributed by atoms with van der Waals surface area (Å²) in [7, 11) is 0. The Labute approximate surface area is 354 Å². The van der Waals surface area contributed by atoms with Crippen LogP contribution in [-0.4, -0.2) is 66.5 Å². The zero-order chi connectivity index (χ0) is 40.4. The van der Waals surface area contributed by atoms with Crippen LogP contribution in [0.3, 0.4) is 0 Å². The minimum Gasteiger partial charge on any atom is -0.872 e. The van der Waals surface area contributed by atoms with E-state index in [1.807, 2.05) is 36.4 Å². The average molecular weight is 964 g/mol. The maximum absolute atomic E-state index is 12.4. The van der Waals surface area contributed by atoms with Crippen LogP contribution in [0.5, 0.6) is 11.5 Å². The second-order valence-electron chi connectivity index (χ2n) is 13.2. The van der Waals surface area contributed by atoms with Crippen molar-refractivity contribution in [3.63, 3.8) is 0 Å². The molecule has 0 amide bonds. The molecule has 0 N–H and O–H groups in total. The summed E-state index contributed by atoms with van der Waals surface area (Å²) < 4.78 is 6.50. The Morgan fingerprint density at radius 3 is 1.16 bits per heavy atom. The number of benzene rings is 5. The fourth-order valence-electron chi connectivity index (χ4n) is 5.42. The molecule has 0 bridgehead atoms. The summed E-state index contributed by atoms with van der Waals surface area (Å²) in [5.41, 5.74) is 1.09. The number of hydrogen-bond donors (Lipinski definition) is 0. The molecule has 5 rings (SSSR count). The average Bonchev–Trinajstić information content (AvgIpc) is 3.23. The molecule has 0 saturated carbocycles. The summed E-state index contributed by atoms with van der Waals surface area (Å²) >= 11 is 0.299. The van der Waals surface area contributed by atoms with E-state index in [9.17, 15) is 20.4 Å². The van der Waals surface area contributed by atoms with Gasteiger partial charge in [-0.25, -0.2) is 0 Å². The van der Waals surface area contributed by atoms with Gasteiger partial charge in [0.15, 0.2) is 0 Å². The topological polar surface area (TPSA) is 142 Å². The van der Waals surface area contributed by atoms with E-state index in [0.717, 1.165) is 10.8 Å². The zero-order valence-electron chi connectivity index (χ0n) is 33.3. The van der Waals surface area contributed by atoms with Gasteiger partial charge in [-0.1, -0.05) is 109 Å². The van der Waals surface area contributed by atoms with Gasteiger partial charge in [-0.15, -0.1) is 0 Å². The van der Waals surface area contributed by atoms with Crippen LogP contribution in [0.4, 0.5) is 0 Å². The van der Waals surface area contributed by atoms with Crippen molar-refractivity contribution < 1.29 is 20.4 Å². The van der Waals surface area contributed by atoms with Gasteiger partial charge in [0.25, 0.3) is 0 Å². The third-order valence-electron chi connectivity index (χ3n) is 8.74. The van der Waals surface area contributed by atoms with Gasteiger partial charge in [0, 0.05) is 11.8 Å². The van der Waals surface area contributed by atoms with Gasteiger partial charge < -0.3 is 20.4 Å². The Bertz CT molecular complexity index is 1860. The van der Waals surface area contributed by atoms with Crippen LogP contribution in [0.1, 0.15) is 101 Å². The van der Waals surface area contributed by atoms with E-state index in [4.69, 9.17) is 0 Å². The maximum Gasteiger partial charge on any atom is 0.0567 e. The van der Waals surface area contributed by atoms with Gasteiger partial charge in [-0.05, 0) is 43.8 Å². The summed E-state index contributed by atoms with van der Waals surface area (Å²) in [6.07, 6.45) is 14.2. The molecule has 0 saturated heterocycles. The smallest absolute Gasteiger partial charge is 0.0567 e. The van der Waals surface area contributed by atoms with Crippen molar-refractivity contribution in [3.8, 4) is 11.5 Å². The number of nitrogens with zero attached hydrogens (tertiary/aromatic N) is 4. The van der Waals surface area contributed by atoms with E-state index in [1.54, 1.807) is 42.0 Å². The molecule has 0 aliphatic rings. The van der Waals surface area contributed by atoms with Gasteiger partial charge in [0.2, 0.25) is 0 Å². The van der Waals surface area contributed by atoms with Crippen LogP contribution in [-0.2, 0) is 0 Å². The summed E-state index contributed by atoms with van der Waals surface area (Å²) in [6, 6.07) is 26.7. The molecule has 56 heavy (non-hydrogen) atoms. The molecule has 0 aliphatic heterocycles. The quantitative estimate of drug-likeness (QED) is 0.0285. The monoisotopic (exact) mass is 966 g/mol. The first-order valence-electron chi connectivity index (χ1n) is 19.8. The number of fused-ring (bicyclic) bond motifs is 2. The molecule has 10 heteroatoms. The third kappa shape index (κ3) is 16.3. The number of rotatable bonds is 18. The molecule has 0 aliphatic carbocycles. The largest absolute Gasteiger partial charge is 0.872 e. The predicted octanol–water partition coefficient (Wildman–Crippen LogP) is 8.68. The molecule has 0 spiro atoms. The summed E-state index contributed by atoms with van der Waals surface area (Å²) in [6.45, 7) is 9.16. The van der Waals surface area contributed by atoms with Crippen molar-refractivity contribution in [3.05, 3.63) is 119 Å². The first-order valence-corrected chi connectivity index (χ1v) is 27.9. The van der Waals surface area contributed by atoms with Crippen molar-refractivity contribution >= 4 is 88.1 Å². The molecule has 0 heterocycles. The Morgan fingerprint density at radius 2 is 0.821 bits per heavy atom. The Hall–Kier alpha value is -3.90. The minimum atomic E-state index is -0.637. The standard InChI is InChI=1S/C30H22N4O4.4C4H9.2Sn/c35-27-15-13-19-5-1-3-7-23(19)25(27)17-31-33-29(37)21-9-11-22(12-10-21)30(38)34-32-18-26-24-8-4-2-6-20(24)14-16-28(26)36;4*1-3-4-2;;/h1-18,35-36H,(H,33,37)(H,34,38);4*1,3-4H2,2H3;;/q;;;;;2*+2/p-4/b31-17+,32-18+;;;;;;. The third-order valence-corrected chi connectivity index (χ3v) is 16.8. The Kier molecular flexibility index (Phi) is 23.0. The maximum atomic E-state index is 12.4.